The summed E-state index contributed by atoms with van der Waals surface area (Å²) in [7, 11) is 1.62. The van der Waals surface area contributed by atoms with E-state index in [-0.39, 0.29) is 5.78 Å². The van der Waals surface area contributed by atoms with Gasteiger partial charge in [0.1, 0.15) is 5.75 Å². The molecule has 2 nitrogen and oxygen atoms in total. The summed E-state index contributed by atoms with van der Waals surface area (Å²) in [6.45, 7) is 3.98. The van der Waals surface area contributed by atoms with Crippen LogP contribution >= 0.6 is 0 Å². The topological polar surface area (TPSA) is 26.3 Å². The molecule has 0 N–H and O–H groups in total. The maximum absolute atomic E-state index is 12.1. The van der Waals surface area contributed by atoms with Crippen molar-refractivity contribution < 1.29 is 9.53 Å². The number of ketones is 1. The van der Waals surface area contributed by atoms with Gasteiger partial charge in [0.05, 0.1) is 7.11 Å². The lowest BCUT2D eigenvalue weighted by Crippen LogP contribution is -2.03. The minimum Gasteiger partial charge on any atom is -0.497 e. The highest BCUT2D eigenvalue weighted by molar-refractivity contribution is 6.01. The molecule has 2 heteroatoms. The Morgan fingerprint density at radius 2 is 2.17 bits per heavy atom. The van der Waals surface area contributed by atoms with Gasteiger partial charge in [0, 0.05) is 12.0 Å². The summed E-state index contributed by atoms with van der Waals surface area (Å²) < 4.78 is 5.21. The SMILES string of the molecule is CCC(=O)c1cc(OC)ccc1C1=C(C)C=CC1. The van der Waals surface area contributed by atoms with Crippen LogP contribution < -0.4 is 4.74 Å². The van der Waals surface area contributed by atoms with Crippen molar-refractivity contribution in [3.63, 3.8) is 0 Å². The van der Waals surface area contributed by atoms with Crippen LogP contribution in [0.25, 0.3) is 5.57 Å². The van der Waals surface area contributed by atoms with E-state index in [0.717, 1.165) is 23.3 Å². The Morgan fingerprint density at radius 1 is 1.39 bits per heavy atom. The molecule has 18 heavy (non-hydrogen) atoms. The highest BCUT2D eigenvalue weighted by atomic mass is 16.5. The van der Waals surface area contributed by atoms with Gasteiger partial charge >= 0.3 is 0 Å². The van der Waals surface area contributed by atoms with E-state index in [1.165, 1.54) is 11.1 Å². The molecule has 0 aromatic heterocycles. The van der Waals surface area contributed by atoms with Crippen LogP contribution in [0, 0.1) is 0 Å². The van der Waals surface area contributed by atoms with E-state index in [9.17, 15) is 4.79 Å². The lowest BCUT2D eigenvalue weighted by Gasteiger charge is -2.12. The summed E-state index contributed by atoms with van der Waals surface area (Å²) in [5.74, 6) is 0.899. The standard InChI is InChI=1S/C16H18O2/c1-4-16(17)15-10-12(18-3)8-9-14(15)13-7-5-6-11(13)2/h5-6,8-10H,4,7H2,1-3H3. The quantitative estimate of drug-likeness (QED) is 0.745. The smallest absolute Gasteiger partial charge is 0.163 e. The number of hydrogen-bond acceptors (Lipinski definition) is 2. The third-order valence-corrected chi connectivity index (χ3v) is 3.34. The van der Waals surface area contributed by atoms with E-state index in [0.29, 0.717) is 6.42 Å². The van der Waals surface area contributed by atoms with Crippen LogP contribution in [0.4, 0.5) is 0 Å². The van der Waals surface area contributed by atoms with Gasteiger partial charge in [0.2, 0.25) is 0 Å². The Kier molecular flexibility index (Phi) is 3.66. The van der Waals surface area contributed by atoms with E-state index >= 15 is 0 Å². The van der Waals surface area contributed by atoms with Crippen LogP contribution in [0.1, 0.15) is 42.6 Å². The van der Waals surface area contributed by atoms with Gasteiger partial charge in [-0.15, -0.1) is 0 Å². The molecule has 0 aliphatic heterocycles. The zero-order valence-electron chi connectivity index (χ0n) is 11.1. The largest absolute Gasteiger partial charge is 0.497 e. The van der Waals surface area contributed by atoms with E-state index in [2.05, 4.69) is 19.1 Å². The highest BCUT2D eigenvalue weighted by Crippen LogP contribution is 2.33. The molecule has 1 aliphatic carbocycles. The fraction of sp³-hybridized carbons (Fsp3) is 0.312. The molecule has 0 amide bonds. The Labute approximate surface area is 108 Å². The molecule has 0 unspecified atom stereocenters. The number of rotatable bonds is 4. The molecule has 0 atom stereocenters. The van der Waals surface area contributed by atoms with E-state index in [4.69, 9.17) is 4.74 Å². The van der Waals surface area contributed by atoms with Gasteiger partial charge < -0.3 is 4.74 Å². The van der Waals surface area contributed by atoms with Crippen LogP contribution in [-0.4, -0.2) is 12.9 Å². The second kappa shape index (κ2) is 5.21. The molecule has 0 spiro atoms. The second-order valence-electron chi connectivity index (χ2n) is 4.46. The second-order valence-corrected chi connectivity index (χ2v) is 4.46. The number of methoxy groups -OCH3 is 1. The molecule has 1 aromatic rings. The van der Waals surface area contributed by atoms with Crippen molar-refractivity contribution in [1.82, 2.24) is 0 Å². The molecule has 1 aliphatic rings. The number of allylic oxidation sites excluding steroid dienone is 4. The van der Waals surface area contributed by atoms with Crippen molar-refractivity contribution in [3.8, 4) is 5.75 Å². The van der Waals surface area contributed by atoms with Crippen molar-refractivity contribution in [2.24, 2.45) is 0 Å². The van der Waals surface area contributed by atoms with Gasteiger partial charge in [0.15, 0.2) is 5.78 Å². The molecule has 94 valence electrons. The molecule has 0 heterocycles. The molecule has 0 fully saturated rings. The number of carbonyl (C=O) groups excluding carboxylic acids is 1. The fourth-order valence-corrected chi connectivity index (χ4v) is 2.27. The molecular formula is C16H18O2. The van der Waals surface area contributed by atoms with Crippen molar-refractivity contribution in [3.05, 3.63) is 47.1 Å². The number of benzene rings is 1. The van der Waals surface area contributed by atoms with Gasteiger partial charge in [-0.25, -0.2) is 0 Å². The molecule has 1 aromatic carbocycles. The minimum absolute atomic E-state index is 0.163. The third kappa shape index (κ3) is 2.23. The normalized spacial score (nSPS) is 14.2. The van der Waals surface area contributed by atoms with Crippen LogP contribution in [0.15, 0.2) is 35.9 Å². The molecule has 0 bridgehead atoms. The summed E-state index contributed by atoms with van der Waals surface area (Å²) in [5, 5.41) is 0. The van der Waals surface area contributed by atoms with Crippen molar-refractivity contribution in [2.45, 2.75) is 26.7 Å². The van der Waals surface area contributed by atoms with Gasteiger partial charge in [-0.3, -0.25) is 4.79 Å². The van der Waals surface area contributed by atoms with Gasteiger partial charge in [-0.2, -0.15) is 0 Å². The number of hydrogen-bond donors (Lipinski definition) is 0. The predicted octanol–water partition coefficient (Wildman–Crippen LogP) is 4.02. The van der Waals surface area contributed by atoms with Crippen molar-refractivity contribution in [1.29, 1.82) is 0 Å². The summed E-state index contributed by atoms with van der Waals surface area (Å²) >= 11 is 0. The van der Waals surface area contributed by atoms with Crippen LogP contribution in [0.2, 0.25) is 0 Å². The van der Waals surface area contributed by atoms with Gasteiger partial charge in [-0.1, -0.05) is 25.1 Å². The maximum Gasteiger partial charge on any atom is 0.163 e. The maximum atomic E-state index is 12.1. The average Bonchev–Trinajstić information content (AvgIpc) is 2.83. The average molecular weight is 242 g/mol. The van der Waals surface area contributed by atoms with Gasteiger partial charge in [0.25, 0.3) is 0 Å². The van der Waals surface area contributed by atoms with E-state index in [1.54, 1.807) is 7.11 Å². The van der Waals surface area contributed by atoms with Gasteiger partial charge in [-0.05, 0) is 42.2 Å². The zero-order chi connectivity index (χ0) is 13.1. The van der Waals surface area contributed by atoms with Crippen molar-refractivity contribution >= 4 is 11.4 Å². The summed E-state index contributed by atoms with van der Waals surface area (Å²) in [4.78, 5) is 12.1. The minimum atomic E-state index is 0.163. The molecule has 0 saturated carbocycles. The highest BCUT2D eigenvalue weighted by Gasteiger charge is 2.16. The first kappa shape index (κ1) is 12.6. The first-order valence-electron chi connectivity index (χ1n) is 6.25. The molecule has 0 saturated heterocycles. The molecule has 0 radical (unpaired) electrons. The number of carbonyl (C=O) groups is 1. The molecular weight excluding hydrogens is 224 g/mol. The molecule has 2 rings (SSSR count). The zero-order valence-corrected chi connectivity index (χ0v) is 11.1. The van der Waals surface area contributed by atoms with E-state index in [1.807, 2.05) is 25.1 Å². The third-order valence-electron chi connectivity index (χ3n) is 3.34. The Hall–Kier alpha value is -1.83. The summed E-state index contributed by atoms with van der Waals surface area (Å²) in [5.41, 5.74) is 4.31. The number of ether oxygens (including phenoxy) is 1. The lowest BCUT2D eigenvalue weighted by molar-refractivity contribution is 0.0987. The van der Waals surface area contributed by atoms with Crippen LogP contribution in [-0.2, 0) is 0 Å². The Morgan fingerprint density at radius 3 is 2.72 bits per heavy atom. The predicted molar refractivity (Wildman–Crippen MR) is 74.0 cm³/mol. The fourth-order valence-electron chi connectivity index (χ4n) is 2.27. The van der Waals surface area contributed by atoms with Crippen LogP contribution in [0.5, 0.6) is 5.75 Å². The monoisotopic (exact) mass is 242 g/mol. The van der Waals surface area contributed by atoms with Crippen molar-refractivity contribution in [2.75, 3.05) is 7.11 Å². The Bertz CT molecular complexity index is 536. The van der Waals surface area contributed by atoms with Crippen LogP contribution in [0.3, 0.4) is 0 Å². The lowest BCUT2D eigenvalue weighted by atomic mass is 9.93. The summed E-state index contributed by atoms with van der Waals surface area (Å²) in [6, 6.07) is 5.76. The first-order chi connectivity index (χ1) is 8.67. The number of Topliss-reactive ketones (excluding diaryl/α,β-unsaturated/α-hetero) is 1. The summed E-state index contributed by atoms with van der Waals surface area (Å²) in [6.07, 6.45) is 5.66. The first-order valence-corrected chi connectivity index (χ1v) is 6.25. The van der Waals surface area contributed by atoms with E-state index < -0.39 is 0 Å². The Balaban J connectivity index is 2.53.